The van der Waals surface area contributed by atoms with Crippen molar-refractivity contribution in [1.82, 2.24) is 5.32 Å². The minimum atomic E-state index is 0.138. The van der Waals surface area contributed by atoms with E-state index in [4.69, 9.17) is 4.74 Å². The summed E-state index contributed by atoms with van der Waals surface area (Å²) in [6.45, 7) is 16.2. The van der Waals surface area contributed by atoms with Gasteiger partial charge < -0.3 is 10.1 Å². The van der Waals surface area contributed by atoms with Crippen molar-refractivity contribution >= 4 is 0 Å². The monoisotopic (exact) mass is 277 g/mol. The molecule has 0 heterocycles. The molecule has 0 aliphatic rings. The first-order chi connectivity index (χ1) is 9.32. The van der Waals surface area contributed by atoms with E-state index >= 15 is 0 Å². The lowest BCUT2D eigenvalue weighted by molar-refractivity contribution is 0.173. The second kappa shape index (κ2) is 7.68. The third-order valence-corrected chi connectivity index (χ3v) is 3.32. The van der Waals surface area contributed by atoms with Gasteiger partial charge in [-0.15, -0.1) is 0 Å². The van der Waals surface area contributed by atoms with Crippen molar-refractivity contribution in [2.24, 2.45) is 11.3 Å². The van der Waals surface area contributed by atoms with Crippen LogP contribution < -0.4 is 10.1 Å². The first-order valence-electron chi connectivity index (χ1n) is 7.74. The molecule has 0 saturated heterocycles. The van der Waals surface area contributed by atoms with Crippen LogP contribution >= 0.6 is 0 Å². The summed E-state index contributed by atoms with van der Waals surface area (Å²) < 4.78 is 6.08. The van der Waals surface area contributed by atoms with E-state index in [0.29, 0.717) is 11.8 Å². The van der Waals surface area contributed by atoms with E-state index in [2.05, 4.69) is 65.1 Å². The van der Waals surface area contributed by atoms with Crippen molar-refractivity contribution in [3.05, 3.63) is 29.8 Å². The van der Waals surface area contributed by atoms with Crippen LogP contribution in [0.5, 0.6) is 5.75 Å². The number of nitrogens with one attached hydrogen (secondary N) is 1. The number of ether oxygens (including phenoxy) is 1. The minimum absolute atomic E-state index is 0.138. The molecule has 0 aliphatic carbocycles. The molecular weight excluding hydrogens is 246 g/mol. The lowest BCUT2D eigenvalue weighted by Gasteiger charge is -2.26. The Kier molecular flexibility index (Phi) is 6.54. The topological polar surface area (TPSA) is 21.3 Å². The Morgan fingerprint density at radius 2 is 1.75 bits per heavy atom. The molecule has 1 rings (SSSR count). The van der Waals surface area contributed by atoms with E-state index in [1.54, 1.807) is 0 Å². The summed E-state index contributed by atoms with van der Waals surface area (Å²) in [5, 5.41) is 3.52. The summed E-state index contributed by atoms with van der Waals surface area (Å²) in [6, 6.07) is 8.36. The molecule has 0 saturated carbocycles. The van der Waals surface area contributed by atoms with Crippen molar-refractivity contribution in [2.45, 2.75) is 47.5 Å². The smallest absolute Gasteiger partial charge is 0.122 e. The largest absolute Gasteiger partial charge is 0.493 e. The first-order valence-corrected chi connectivity index (χ1v) is 7.74. The quantitative estimate of drug-likeness (QED) is 0.757. The van der Waals surface area contributed by atoms with Crippen LogP contribution in [-0.2, 0) is 0 Å². The van der Waals surface area contributed by atoms with E-state index in [0.717, 1.165) is 25.4 Å². The maximum atomic E-state index is 6.08. The molecule has 114 valence electrons. The molecule has 0 aromatic heterocycles. The van der Waals surface area contributed by atoms with Crippen molar-refractivity contribution < 1.29 is 4.74 Å². The molecule has 2 heteroatoms. The summed E-state index contributed by atoms with van der Waals surface area (Å²) in [6.07, 6.45) is 0. The third-order valence-electron chi connectivity index (χ3n) is 3.32. The van der Waals surface area contributed by atoms with Crippen LogP contribution in [0.25, 0.3) is 0 Å². The Morgan fingerprint density at radius 3 is 2.35 bits per heavy atom. The number of hydrogen-bond acceptors (Lipinski definition) is 2. The van der Waals surface area contributed by atoms with Gasteiger partial charge in [-0.05, 0) is 30.0 Å². The van der Waals surface area contributed by atoms with Crippen molar-refractivity contribution in [2.75, 3.05) is 19.7 Å². The zero-order valence-electron chi connectivity index (χ0n) is 14.0. The molecule has 0 amide bonds. The summed E-state index contributed by atoms with van der Waals surface area (Å²) in [7, 11) is 0. The van der Waals surface area contributed by atoms with Gasteiger partial charge in [0, 0.05) is 12.0 Å². The molecule has 0 spiro atoms. The van der Waals surface area contributed by atoms with Crippen LogP contribution in [0.1, 0.15) is 53.0 Å². The highest BCUT2D eigenvalue weighted by Crippen LogP contribution is 2.27. The van der Waals surface area contributed by atoms with E-state index < -0.39 is 0 Å². The fourth-order valence-corrected chi connectivity index (χ4v) is 2.11. The minimum Gasteiger partial charge on any atom is -0.493 e. The molecule has 2 nitrogen and oxygen atoms in total. The van der Waals surface area contributed by atoms with Gasteiger partial charge >= 0.3 is 0 Å². The third kappa shape index (κ3) is 5.96. The van der Waals surface area contributed by atoms with Gasteiger partial charge in [-0.25, -0.2) is 0 Å². The van der Waals surface area contributed by atoms with Gasteiger partial charge in [-0.3, -0.25) is 0 Å². The summed E-state index contributed by atoms with van der Waals surface area (Å²) in [4.78, 5) is 0. The van der Waals surface area contributed by atoms with Gasteiger partial charge in [0.25, 0.3) is 0 Å². The van der Waals surface area contributed by atoms with Crippen LogP contribution in [0.15, 0.2) is 24.3 Å². The predicted octanol–water partition coefficient (Wildman–Crippen LogP) is 4.46. The Labute approximate surface area is 124 Å². The summed E-state index contributed by atoms with van der Waals surface area (Å²) >= 11 is 0. The maximum absolute atomic E-state index is 6.08. The fraction of sp³-hybridized carbons (Fsp3) is 0.667. The fourth-order valence-electron chi connectivity index (χ4n) is 2.11. The average molecular weight is 277 g/mol. The molecule has 0 bridgehead atoms. The summed E-state index contributed by atoms with van der Waals surface area (Å²) in [5.41, 5.74) is 1.43. The molecule has 1 N–H and O–H groups in total. The maximum Gasteiger partial charge on any atom is 0.122 e. The van der Waals surface area contributed by atoms with Crippen LogP contribution in [-0.4, -0.2) is 19.7 Å². The normalized spacial score (nSPS) is 12.2. The van der Waals surface area contributed by atoms with E-state index in [9.17, 15) is 0 Å². The number of para-hydroxylation sites is 1. The van der Waals surface area contributed by atoms with Crippen molar-refractivity contribution in [3.8, 4) is 5.75 Å². The molecule has 0 radical (unpaired) electrons. The second-order valence-electron chi connectivity index (χ2n) is 7.17. The standard InChI is InChI=1S/C18H31NO/c1-14(2)11-19-12-18(5,6)13-20-17-10-8-7-9-16(17)15(3)4/h7-10,14-15,19H,11-13H2,1-6H3. The highest BCUT2D eigenvalue weighted by Gasteiger charge is 2.19. The molecule has 1 aromatic rings. The second-order valence-corrected chi connectivity index (χ2v) is 7.17. The Hall–Kier alpha value is -1.02. The van der Waals surface area contributed by atoms with Gasteiger partial charge in [0.1, 0.15) is 5.75 Å². The lowest BCUT2D eigenvalue weighted by atomic mass is 9.94. The Balaban J connectivity index is 2.53. The van der Waals surface area contributed by atoms with Crippen LogP contribution in [0.2, 0.25) is 0 Å². The summed E-state index contributed by atoms with van der Waals surface area (Å²) in [5.74, 6) is 2.21. The Bertz CT molecular complexity index is 396. The molecule has 1 aromatic carbocycles. The number of hydrogen-bond donors (Lipinski definition) is 1. The van der Waals surface area contributed by atoms with E-state index in [1.165, 1.54) is 5.56 Å². The molecule has 0 fully saturated rings. The van der Waals surface area contributed by atoms with Gasteiger partial charge in [0.2, 0.25) is 0 Å². The van der Waals surface area contributed by atoms with Crippen LogP contribution in [0, 0.1) is 11.3 Å². The predicted molar refractivity (Wildman–Crippen MR) is 87.5 cm³/mol. The molecular formula is C18H31NO. The van der Waals surface area contributed by atoms with Crippen LogP contribution in [0.4, 0.5) is 0 Å². The highest BCUT2D eigenvalue weighted by atomic mass is 16.5. The lowest BCUT2D eigenvalue weighted by Crippen LogP contribution is -2.36. The van der Waals surface area contributed by atoms with Gasteiger partial charge in [-0.1, -0.05) is 59.7 Å². The van der Waals surface area contributed by atoms with E-state index in [-0.39, 0.29) is 5.41 Å². The van der Waals surface area contributed by atoms with Gasteiger partial charge in [-0.2, -0.15) is 0 Å². The SMILES string of the molecule is CC(C)CNCC(C)(C)COc1ccccc1C(C)C. The van der Waals surface area contributed by atoms with Gasteiger partial charge in [0.15, 0.2) is 0 Å². The first kappa shape index (κ1) is 17.0. The molecule has 0 unspecified atom stereocenters. The highest BCUT2D eigenvalue weighted by molar-refractivity contribution is 5.35. The zero-order chi connectivity index (χ0) is 15.2. The molecule has 20 heavy (non-hydrogen) atoms. The number of rotatable bonds is 8. The zero-order valence-corrected chi connectivity index (χ0v) is 14.0. The number of benzene rings is 1. The van der Waals surface area contributed by atoms with Crippen molar-refractivity contribution in [1.29, 1.82) is 0 Å². The average Bonchev–Trinajstić information content (AvgIpc) is 2.36. The van der Waals surface area contributed by atoms with Crippen LogP contribution in [0.3, 0.4) is 0 Å². The van der Waals surface area contributed by atoms with E-state index in [1.807, 2.05) is 6.07 Å². The molecule has 0 aliphatic heterocycles. The Morgan fingerprint density at radius 1 is 1.10 bits per heavy atom. The molecule has 0 atom stereocenters. The van der Waals surface area contributed by atoms with Gasteiger partial charge in [0.05, 0.1) is 6.61 Å². The van der Waals surface area contributed by atoms with Crippen molar-refractivity contribution in [3.63, 3.8) is 0 Å².